The molecule has 0 amide bonds. The molecule has 1 aromatic heterocycles. The van der Waals surface area contributed by atoms with E-state index in [-0.39, 0.29) is 11.6 Å². The van der Waals surface area contributed by atoms with Crippen LogP contribution in [0.1, 0.15) is 19.4 Å². The number of benzene rings is 2. The van der Waals surface area contributed by atoms with Crippen molar-refractivity contribution in [1.29, 1.82) is 0 Å². The van der Waals surface area contributed by atoms with E-state index in [0.29, 0.717) is 28.2 Å². The van der Waals surface area contributed by atoms with E-state index in [1.165, 1.54) is 11.8 Å². The summed E-state index contributed by atoms with van der Waals surface area (Å²) in [4.78, 5) is 15.0. The highest BCUT2D eigenvalue weighted by Gasteiger charge is 2.20. The van der Waals surface area contributed by atoms with Crippen LogP contribution in [-0.2, 0) is 12.8 Å². The molecule has 1 heterocycles. The molecule has 0 bridgehead atoms. The number of hydrogen-bond acceptors (Lipinski definition) is 7. The van der Waals surface area contributed by atoms with Crippen molar-refractivity contribution in [1.82, 2.24) is 14.8 Å². The normalized spacial score (nSPS) is 10.9. The molecule has 0 unspecified atom stereocenters. The molecular formula is C22H26N4O3S. The summed E-state index contributed by atoms with van der Waals surface area (Å²) in [6, 6.07) is 15.5. The Morgan fingerprint density at radius 1 is 1.03 bits per heavy atom. The maximum absolute atomic E-state index is 13.1. The van der Waals surface area contributed by atoms with Gasteiger partial charge in [-0.1, -0.05) is 36.0 Å². The fraction of sp³-hybridized carbons (Fsp3) is 0.318. The lowest BCUT2D eigenvalue weighted by molar-refractivity contribution is 0.354. The van der Waals surface area contributed by atoms with Crippen molar-refractivity contribution in [3.05, 3.63) is 64.4 Å². The van der Waals surface area contributed by atoms with Gasteiger partial charge in [0.15, 0.2) is 16.7 Å². The summed E-state index contributed by atoms with van der Waals surface area (Å²) >= 11 is 1.45. The van der Waals surface area contributed by atoms with Gasteiger partial charge in [0.2, 0.25) is 5.82 Å². The monoisotopic (exact) mass is 426 g/mol. The predicted octanol–water partition coefficient (Wildman–Crippen LogP) is 4.03. The third kappa shape index (κ3) is 4.59. The minimum Gasteiger partial charge on any atom is -0.493 e. The van der Waals surface area contributed by atoms with Gasteiger partial charge in [0.05, 0.1) is 14.2 Å². The summed E-state index contributed by atoms with van der Waals surface area (Å²) in [5.41, 5.74) is 1.76. The van der Waals surface area contributed by atoms with E-state index < -0.39 is 0 Å². The number of anilines is 2. The lowest BCUT2D eigenvalue weighted by Crippen LogP contribution is -2.35. The van der Waals surface area contributed by atoms with E-state index in [0.717, 1.165) is 11.3 Å². The Kier molecular flexibility index (Phi) is 6.99. The van der Waals surface area contributed by atoms with Crippen LogP contribution < -0.4 is 19.9 Å². The number of thioether (sulfide) groups is 1. The maximum atomic E-state index is 13.1. The molecule has 8 heteroatoms. The van der Waals surface area contributed by atoms with Gasteiger partial charge in [0.1, 0.15) is 0 Å². The first-order chi connectivity index (χ1) is 14.5. The zero-order chi connectivity index (χ0) is 21.7. The van der Waals surface area contributed by atoms with Crippen LogP contribution in [0.4, 0.5) is 11.5 Å². The Balaban J connectivity index is 1.85. The van der Waals surface area contributed by atoms with Crippen LogP contribution >= 0.6 is 11.8 Å². The fourth-order valence-corrected chi connectivity index (χ4v) is 3.94. The van der Waals surface area contributed by atoms with Crippen molar-refractivity contribution >= 4 is 23.3 Å². The van der Waals surface area contributed by atoms with Crippen LogP contribution in [-0.4, -0.2) is 35.0 Å². The molecule has 3 rings (SSSR count). The van der Waals surface area contributed by atoms with Crippen LogP contribution in [0.3, 0.4) is 0 Å². The van der Waals surface area contributed by atoms with E-state index in [1.807, 2.05) is 67.3 Å². The van der Waals surface area contributed by atoms with Crippen LogP contribution in [0.2, 0.25) is 0 Å². The summed E-state index contributed by atoms with van der Waals surface area (Å²) in [6.07, 6.45) is 0. The first-order valence-corrected chi connectivity index (χ1v) is 10.6. The Morgan fingerprint density at radius 3 is 2.37 bits per heavy atom. The standard InChI is InChI=1S/C22H26N4O3S/c1-15(2)26(17-9-7-6-8-10-17)20-21(27)25(3)22(24-23-20)30-14-16-11-12-18(28-4)19(13-16)29-5/h6-13,15H,14H2,1-5H3. The molecule has 0 atom stereocenters. The second-order valence-corrected chi connectivity index (χ2v) is 7.89. The van der Waals surface area contributed by atoms with Crippen molar-refractivity contribution in [2.75, 3.05) is 19.1 Å². The molecule has 0 aliphatic heterocycles. The van der Waals surface area contributed by atoms with Crippen molar-refractivity contribution in [2.24, 2.45) is 7.05 Å². The van der Waals surface area contributed by atoms with Crippen LogP contribution in [0, 0.1) is 0 Å². The predicted molar refractivity (Wildman–Crippen MR) is 120 cm³/mol. The third-order valence-electron chi connectivity index (χ3n) is 4.61. The Labute approximate surface area is 180 Å². The minimum atomic E-state index is -0.183. The highest BCUT2D eigenvalue weighted by Crippen LogP contribution is 2.30. The van der Waals surface area contributed by atoms with Crippen molar-refractivity contribution < 1.29 is 9.47 Å². The van der Waals surface area contributed by atoms with Gasteiger partial charge in [-0.3, -0.25) is 9.36 Å². The number of rotatable bonds is 8. The molecule has 0 saturated heterocycles. The van der Waals surface area contributed by atoms with Crippen molar-refractivity contribution in [3.8, 4) is 11.5 Å². The molecular weight excluding hydrogens is 400 g/mol. The SMILES string of the molecule is COc1ccc(CSc2nnc(N(c3ccccc3)C(C)C)c(=O)n2C)cc1OC. The molecule has 0 aliphatic carbocycles. The lowest BCUT2D eigenvalue weighted by Gasteiger charge is -2.27. The Hall–Kier alpha value is -3.00. The maximum Gasteiger partial charge on any atom is 0.297 e. The van der Waals surface area contributed by atoms with E-state index in [9.17, 15) is 4.79 Å². The average Bonchev–Trinajstić information content (AvgIpc) is 2.76. The van der Waals surface area contributed by atoms with Gasteiger partial charge in [0.25, 0.3) is 5.56 Å². The number of para-hydroxylation sites is 1. The summed E-state index contributed by atoms with van der Waals surface area (Å²) in [5.74, 6) is 2.28. The Bertz CT molecular complexity index is 1050. The van der Waals surface area contributed by atoms with Gasteiger partial charge < -0.3 is 14.4 Å². The zero-order valence-corrected chi connectivity index (χ0v) is 18.6. The average molecular weight is 427 g/mol. The summed E-state index contributed by atoms with van der Waals surface area (Å²) in [6.45, 7) is 4.04. The van der Waals surface area contributed by atoms with Crippen LogP contribution in [0.15, 0.2) is 58.5 Å². The summed E-state index contributed by atoms with van der Waals surface area (Å²) < 4.78 is 12.2. The van der Waals surface area contributed by atoms with E-state index in [4.69, 9.17) is 9.47 Å². The second-order valence-electron chi connectivity index (χ2n) is 6.95. The molecule has 0 spiro atoms. The highest BCUT2D eigenvalue weighted by molar-refractivity contribution is 7.98. The fourth-order valence-electron chi connectivity index (χ4n) is 3.09. The van der Waals surface area contributed by atoms with Gasteiger partial charge in [-0.15, -0.1) is 10.2 Å². The molecule has 0 fully saturated rings. The molecule has 158 valence electrons. The van der Waals surface area contributed by atoms with Gasteiger partial charge in [-0.25, -0.2) is 0 Å². The summed E-state index contributed by atoms with van der Waals surface area (Å²) in [7, 11) is 4.94. The lowest BCUT2D eigenvalue weighted by atomic mass is 10.2. The summed E-state index contributed by atoms with van der Waals surface area (Å²) in [5, 5.41) is 9.18. The molecule has 3 aromatic rings. The molecule has 0 radical (unpaired) electrons. The topological polar surface area (TPSA) is 69.5 Å². The van der Waals surface area contributed by atoms with Gasteiger partial charge in [-0.05, 0) is 43.7 Å². The van der Waals surface area contributed by atoms with Crippen molar-refractivity contribution in [2.45, 2.75) is 30.8 Å². The quantitative estimate of drug-likeness (QED) is 0.504. The number of nitrogens with zero attached hydrogens (tertiary/aromatic N) is 4. The van der Waals surface area contributed by atoms with E-state index in [1.54, 1.807) is 25.8 Å². The van der Waals surface area contributed by atoms with E-state index in [2.05, 4.69) is 10.2 Å². The minimum absolute atomic E-state index is 0.0552. The number of methoxy groups -OCH3 is 2. The molecule has 7 nitrogen and oxygen atoms in total. The number of hydrogen-bond donors (Lipinski definition) is 0. The van der Waals surface area contributed by atoms with Crippen LogP contribution in [0.25, 0.3) is 0 Å². The largest absolute Gasteiger partial charge is 0.493 e. The van der Waals surface area contributed by atoms with Crippen LogP contribution in [0.5, 0.6) is 11.5 Å². The number of ether oxygens (including phenoxy) is 2. The first-order valence-electron chi connectivity index (χ1n) is 9.58. The first kappa shape index (κ1) is 21.7. The van der Waals surface area contributed by atoms with Gasteiger partial charge in [-0.2, -0.15) is 0 Å². The molecule has 30 heavy (non-hydrogen) atoms. The second kappa shape index (κ2) is 9.67. The molecule has 0 aliphatic rings. The van der Waals surface area contributed by atoms with E-state index >= 15 is 0 Å². The van der Waals surface area contributed by atoms with Crippen molar-refractivity contribution in [3.63, 3.8) is 0 Å². The molecule has 2 aromatic carbocycles. The zero-order valence-electron chi connectivity index (χ0n) is 17.8. The highest BCUT2D eigenvalue weighted by atomic mass is 32.2. The van der Waals surface area contributed by atoms with Gasteiger partial charge >= 0.3 is 0 Å². The number of aromatic nitrogens is 3. The Morgan fingerprint density at radius 2 is 1.73 bits per heavy atom. The molecule has 0 saturated carbocycles. The molecule has 0 N–H and O–H groups in total. The smallest absolute Gasteiger partial charge is 0.297 e. The third-order valence-corrected chi connectivity index (χ3v) is 5.70. The van der Waals surface area contributed by atoms with Gasteiger partial charge in [0, 0.05) is 24.5 Å².